The van der Waals surface area contributed by atoms with Crippen molar-refractivity contribution >= 4 is 47.4 Å². The van der Waals surface area contributed by atoms with E-state index in [1.54, 1.807) is 0 Å². The second-order valence-electron chi connectivity index (χ2n) is 12.6. The third kappa shape index (κ3) is 6.91. The van der Waals surface area contributed by atoms with Gasteiger partial charge in [-0.15, -0.1) is 0 Å². The minimum atomic E-state index is -4.57. The van der Waals surface area contributed by atoms with Crippen LogP contribution in [0.4, 0.5) is 0 Å². The van der Waals surface area contributed by atoms with Crippen LogP contribution in [0.2, 0.25) is 0 Å². The average molecular weight is 666 g/mol. The SMILES string of the molecule is Cc1ccc(P(C[C@@]2(c3ccccc3)C[C@H](P(c3ccc(C)cc3)c3ccc(C)cc3)CN2S(=O)(=O)O)c2ccc(C)cc2)cc1. The number of nitrogens with zero attached hydrogens (tertiary/aromatic N) is 1. The second kappa shape index (κ2) is 13.5. The molecule has 7 heteroatoms. The molecule has 236 valence electrons. The van der Waals surface area contributed by atoms with E-state index in [4.69, 9.17) is 0 Å². The predicted molar refractivity (Wildman–Crippen MR) is 197 cm³/mol. The van der Waals surface area contributed by atoms with Crippen LogP contribution in [0.25, 0.3) is 0 Å². The monoisotopic (exact) mass is 665 g/mol. The molecule has 1 heterocycles. The highest BCUT2D eigenvalue weighted by Gasteiger charge is 2.54. The van der Waals surface area contributed by atoms with Crippen LogP contribution in [-0.2, 0) is 15.8 Å². The molecule has 1 N–H and O–H groups in total. The van der Waals surface area contributed by atoms with Crippen molar-refractivity contribution in [2.45, 2.75) is 45.3 Å². The Labute approximate surface area is 276 Å². The van der Waals surface area contributed by atoms with E-state index in [-0.39, 0.29) is 12.2 Å². The van der Waals surface area contributed by atoms with Crippen LogP contribution >= 0.6 is 15.8 Å². The fraction of sp³-hybridized carbons (Fsp3) is 0.231. The van der Waals surface area contributed by atoms with Gasteiger partial charge in [0.15, 0.2) is 0 Å². The highest BCUT2D eigenvalue weighted by Crippen LogP contribution is 2.56. The maximum absolute atomic E-state index is 13.6. The molecule has 5 aromatic rings. The Balaban J connectivity index is 1.54. The van der Waals surface area contributed by atoms with E-state index in [0.717, 1.165) is 5.56 Å². The lowest BCUT2D eigenvalue weighted by molar-refractivity contribution is 0.248. The second-order valence-corrected chi connectivity index (χ2v) is 18.6. The van der Waals surface area contributed by atoms with Gasteiger partial charge in [0.25, 0.3) is 0 Å². The Morgan fingerprint density at radius 2 is 1.02 bits per heavy atom. The van der Waals surface area contributed by atoms with Crippen LogP contribution < -0.4 is 21.2 Å². The van der Waals surface area contributed by atoms with Gasteiger partial charge >= 0.3 is 10.3 Å². The Kier molecular flexibility index (Phi) is 9.62. The Hall–Kier alpha value is -3.17. The number of benzene rings is 5. The summed E-state index contributed by atoms with van der Waals surface area (Å²) in [7, 11) is -6.52. The molecule has 6 rings (SSSR count). The summed E-state index contributed by atoms with van der Waals surface area (Å²) < 4.78 is 39.7. The summed E-state index contributed by atoms with van der Waals surface area (Å²) in [5.74, 6) is 0. The molecule has 0 aromatic heterocycles. The largest absolute Gasteiger partial charge is 0.336 e. The van der Waals surface area contributed by atoms with Crippen LogP contribution in [-0.4, -0.2) is 35.6 Å². The Morgan fingerprint density at radius 1 is 0.630 bits per heavy atom. The van der Waals surface area contributed by atoms with Gasteiger partial charge in [-0.1, -0.05) is 150 Å². The van der Waals surface area contributed by atoms with Gasteiger partial charge in [-0.2, -0.15) is 12.7 Å². The summed E-state index contributed by atoms with van der Waals surface area (Å²) in [6.45, 7) is 8.60. The van der Waals surface area contributed by atoms with E-state index in [1.807, 2.05) is 30.3 Å². The lowest BCUT2D eigenvalue weighted by Crippen LogP contribution is -2.48. The van der Waals surface area contributed by atoms with Crippen molar-refractivity contribution < 1.29 is 13.0 Å². The first kappa shape index (κ1) is 32.8. The maximum Gasteiger partial charge on any atom is 0.336 e. The van der Waals surface area contributed by atoms with Crippen LogP contribution in [0.5, 0.6) is 0 Å². The topological polar surface area (TPSA) is 57.6 Å². The molecule has 0 unspecified atom stereocenters. The van der Waals surface area contributed by atoms with Crippen LogP contribution in [0, 0.1) is 27.7 Å². The summed E-state index contributed by atoms with van der Waals surface area (Å²) in [5, 5.41) is 4.82. The normalized spacial score (nSPS) is 18.8. The van der Waals surface area contributed by atoms with Gasteiger partial charge in [-0.05, 0) is 82.9 Å². The van der Waals surface area contributed by atoms with Crippen molar-refractivity contribution in [2.24, 2.45) is 0 Å². The molecule has 0 amide bonds. The zero-order valence-corrected chi connectivity index (χ0v) is 29.4. The molecule has 1 saturated heterocycles. The molecule has 4 nitrogen and oxygen atoms in total. The van der Waals surface area contributed by atoms with E-state index in [0.29, 0.717) is 12.6 Å². The molecule has 0 aliphatic carbocycles. The zero-order valence-electron chi connectivity index (χ0n) is 26.8. The third-order valence-electron chi connectivity index (χ3n) is 9.12. The highest BCUT2D eigenvalue weighted by molar-refractivity contribution is 7.83. The Bertz CT molecular complexity index is 1790. The summed E-state index contributed by atoms with van der Waals surface area (Å²) in [5.41, 5.74) is 4.70. The molecule has 0 bridgehead atoms. The highest BCUT2D eigenvalue weighted by atomic mass is 32.2. The van der Waals surface area contributed by atoms with Gasteiger partial charge in [0.05, 0.1) is 5.54 Å². The van der Waals surface area contributed by atoms with Crippen molar-refractivity contribution in [1.82, 2.24) is 4.31 Å². The van der Waals surface area contributed by atoms with E-state index in [9.17, 15) is 13.0 Å². The molecule has 0 saturated carbocycles. The first-order chi connectivity index (χ1) is 22.0. The van der Waals surface area contributed by atoms with Gasteiger partial charge < -0.3 is 0 Å². The molecule has 5 aromatic carbocycles. The van der Waals surface area contributed by atoms with E-state index in [1.165, 1.54) is 47.8 Å². The molecule has 1 aliphatic rings. The first-order valence-electron chi connectivity index (χ1n) is 15.7. The van der Waals surface area contributed by atoms with Gasteiger partial charge in [0.2, 0.25) is 0 Å². The van der Waals surface area contributed by atoms with Crippen LogP contribution in [0.15, 0.2) is 127 Å². The third-order valence-corrected chi connectivity index (χ3v) is 15.6. The molecule has 46 heavy (non-hydrogen) atoms. The average Bonchev–Trinajstić information content (AvgIpc) is 3.44. The number of hydrogen-bond donors (Lipinski definition) is 1. The van der Waals surface area contributed by atoms with Crippen molar-refractivity contribution in [3.8, 4) is 0 Å². The fourth-order valence-corrected chi connectivity index (χ4v) is 13.5. The fourth-order valence-electron chi connectivity index (χ4n) is 6.68. The maximum atomic E-state index is 13.6. The Morgan fingerprint density at radius 3 is 1.41 bits per heavy atom. The van der Waals surface area contributed by atoms with Gasteiger partial charge in [-0.25, -0.2) is 0 Å². The smallest absolute Gasteiger partial charge is 0.273 e. The predicted octanol–water partition coefficient (Wildman–Crippen LogP) is 7.26. The zero-order chi connectivity index (χ0) is 32.5. The summed E-state index contributed by atoms with van der Waals surface area (Å²) >= 11 is 0. The van der Waals surface area contributed by atoms with E-state index in [2.05, 4.69) is 125 Å². The summed E-state index contributed by atoms with van der Waals surface area (Å²) in [6.07, 6.45) is 1.15. The van der Waals surface area contributed by atoms with Gasteiger partial charge in [-0.3, -0.25) is 4.55 Å². The number of rotatable bonds is 9. The minimum absolute atomic E-state index is 0.0181. The minimum Gasteiger partial charge on any atom is -0.273 e. The first-order valence-corrected chi connectivity index (χ1v) is 20.0. The molecule has 0 radical (unpaired) electrons. The van der Waals surface area contributed by atoms with Crippen LogP contribution in [0.1, 0.15) is 34.2 Å². The molecular formula is C39H41NO3P2S. The van der Waals surface area contributed by atoms with Crippen molar-refractivity contribution in [3.63, 3.8) is 0 Å². The molecule has 1 aliphatic heterocycles. The van der Waals surface area contributed by atoms with E-state index < -0.39 is 31.7 Å². The lowest BCUT2D eigenvalue weighted by Gasteiger charge is -2.40. The molecule has 2 atom stereocenters. The number of hydrogen-bond acceptors (Lipinski definition) is 2. The standard InChI is InChI=1S/C39H41NO3P2S/c1-29-10-18-34(19-11-29)44(35-20-12-30(2)13-21-35)28-39(33-8-6-5-7-9-33)26-38(27-40(39)46(41,42)43)45(36-22-14-31(3)15-23-36)37-24-16-32(4)17-25-37/h5-25,38H,26-28H2,1-4H3,(H,41,42,43)/t38-,39+/m0/s1. The van der Waals surface area contributed by atoms with Crippen molar-refractivity contribution in [3.05, 3.63) is 155 Å². The lowest BCUT2D eigenvalue weighted by atomic mass is 9.90. The molecule has 1 fully saturated rings. The summed E-state index contributed by atoms with van der Waals surface area (Å²) in [6, 6.07) is 44.7. The van der Waals surface area contributed by atoms with Crippen LogP contribution in [0.3, 0.4) is 0 Å². The van der Waals surface area contributed by atoms with Crippen molar-refractivity contribution in [2.75, 3.05) is 12.7 Å². The summed E-state index contributed by atoms with van der Waals surface area (Å²) in [4.78, 5) is 0. The van der Waals surface area contributed by atoms with E-state index >= 15 is 0 Å². The van der Waals surface area contributed by atoms with Gasteiger partial charge in [0.1, 0.15) is 0 Å². The van der Waals surface area contributed by atoms with Crippen molar-refractivity contribution in [1.29, 1.82) is 0 Å². The molecular weight excluding hydrogens is 624 g/mol. The number of aryl methyl sites for hydroxylation is 4. The van der Waals surface area contributed by atoms with Gasteiger partial charge in [0, 0.05) is 12.2 Å². The quantitative estimate of drug-likeness (QED) is 0.133. The molecule has 0 spiro atoms.